The summed E-state index contributed by atoms with van der Waals surface area (Å²) >= 11 is 0. The first-order valence-corrected chi connectivity index (χ1v) is 8.44. The maximum absolute atomic E-state index is 10.7. The molecule has 0 bridgehead atoms. The van der Waals surface area contributed by atoms with Gasteiger partial charge >= 0.3 is 34.4 Å². The maximum atomic E-state index is 9.87. The van der Waals surface area contributed by atoms with Crippen molar-refractivity contribution in [3.05, 3.63) is 23.9 Å². The summed E-state index contributed by atoms with van der Waals surface area (Å²) in [7, 11) is -8.55. The molecule has 1 heterocycles. The molecule has 20 heavy (non-hydrogen) atoms. The van der Waals surface area contributed by atoms with Crippen molar-refractivity contribution in [3.8, 4) is 0 Å². The summed E-state index contributed by atoms with van der Waals surface area (Å²) in [4.78, 5) is 2.20. The van der Waals surface area contributed by atoms with Gasteiger partial charge in [0.25, 0.3) is 0 Å². The third kappa shape index (κ3) is 19.6. The largest absolute Gasteiger partial charge is 1.00 e. The Hall–Kier alpha value is -0.710. The van der Waals surface area contributed by atoms with Crippen molar-refractivity contribution in [2.75, 3.05) is 13.6 Å². The summed E-state index contributed by atoms with van der Waals surface area (Å²) in [6.07, 6.45) is 13.5. The Labute approximate surface area is 117 Å². The molecule has 0 aromatic rings. The molecule has 0 saturated heterocycles. The van der Waals surface area contributed by atoms with E-state index in [4.69, 9.17) is 0 Å². The molecular weight excluding hydrogens is 303 g/mol. The number of halogens is 6. The zero-order chi connectivity index (χ0) is 15.9. The van der Waals surface area contributed by atoms with Crippen LogP contribution in [0, 0.1) is 0 Å². The normalized spacial score (nSPS) is 18.6. The SMILES string of the molecule is CCCCCCC1=CCN(C)C=C1.F[P-](F)(F)(F)(F)F.[H+]. The summed E-state index contributed by atoms with van der Waals surface area (Å²) in [5.41, 5.74) is 1.52. The van der Waals surface area contributed by atoms with Crippen LogP contribution in [0.5, 0.6) is 0 Å². The number of rotatable bonds is 5. The maximum Gasteiger partial charge on any atom is 1.00 e. The van der Waals surface area contributed by atoms with Crippen molar-refractivity contribution in [1.82, 2.24) is 4.90 Å². The molecule has 0 amide bonds. The second-order valence-electron chi connectivity index (χ2n) is 4.80. The van der Waals surface area contributed by atoms with Gasteiger partial charge in [0.1, 0.15) is 0 Å². The standard InChI is InChI=1S/C12H21N.F6P/c1-3-4-5-6-7-12-8-10-13(2)11-9-12;1-7(2,3,4,5)6/h8-10H,3-7,11H2,1-2H3;/q;-1/p+1. The second kappa shape index (κ2) is 6.37. The van der Waals surface area contributed by atoms with E-state index in [0.717, 1.165) is 6.54 Å². The van der Waals surface area contributed by atoms with E-state index in [1.807, 2.05) is 0 Å². The number of likely N-dealkylation sites (N-methyl/N-ethyl adjacent to an activating group) is 1. The van der Waals surface area contributed by atoms with E-state index in [2.05, 4.69) is 37.2 Å². The molecule has 0 aliphatic carbocycles. The monoisotopic (exact) mass is 325 g/mol. The predicted octanol–water partition coefficient (Wildman–Crippen LogP) is 6.84. The molecule has 1 aliphatic rings. The third-order valence-electron chi connectivity index (χ3n) is 2.50. The Morgan fingerprint density at radius 1 is 1.10 bits per heavy atom. The van der Waals surface area contributed by atoms with Crippen LogP contribution in [-0.2, 0) is 0 Å². The first-order valence-electron chi connectivity index (χ1n) is 6.42. The fraction of sp³-hybridized carbons (Fsp3) is 0.667. The van der Waals surface area contributed by atoms with Crippen molar-refractivity contribution in [3.63, 3.8) is 0 Å². The molecule has 8 heteroatoms. The van der Waals surface area contributed by atoms with Crippen LogP contribution in [0.1, 0.15) is 40.5 Å². The molecule has 0 spiro atoms. The molecule has 122 valence electrons. The molecule has 0 aromatic heterocycles. The van der Waals surface area contributed by atoms with Gasteiger partial charge in [-0.3, -0.25) is 0 Å². The number of unbranched alkanes of at least 4 members (excludes halogenated alkanes) is 3. The van der Waals surface area contributed by atoms with Gasteiger partial charge in [0.15, 0.2) is 0 Å². The third-order valence-corrected chi connectivity index (χ3v) is 2.50. The van der Waals surface area contributed by atoms with Gasteiger partial charge < -0.3 is 4.90 Å². The van der Waals surface area contributed by atoms with Crippen molar-refractivity contribution in [1.29, 1.82) is 0 Å². The molecule has 0 saturated carbocycles. The Balaban J connectivity index is 0. The summed E-state index contributed by atoms with van der Waals surface area (Å²) in [6, 6.07) is 0. The van der Waals surface area contributed by atoms with E-state index in [9.17, 15) is 25.2 Å². The van der Waals surface area contributed by atoms with Crippen LogP contribution in [0.25, 0.3) is 0 Å². The molecule has 1 rings (SSSR count). The zero-order valence-electron chi connectivity index (χ0n) is 12.6. The van der Waals surface area contributed by atoms with Crippen LogP contribution in [0.15, 0.2) is 23.9 Å². The number of allylic oxidation sites excluding steroid dienone is 2. The Kier molecular flexibility index (Phi) is 6.15. The van der Waals surface area contributed by atoms with Gasteiger partial charge in [0, 0.05) is 13.6 Å². The van der Waals surface area contributed by atoms with Crippen molar-refractivity contribution in [2.24, 2.45) is 0 Å². The van der Waals surface area contributed by atoms with Gasteiger partial charge in [-0.1, -0.05) is 32.3 Å². The van der Waals surface area contributed by atoms with Crippen LogP contribution in [-0.4, -0.2) is 18.5 Å². The van der Waals surface area contributed by atoms with Gasteiger partial charge in [-0.2, -0.15) is 0 Å². The predicted molar refractivity (Wildman–Crippen MR) is 73.3 cm³/mol. The van der Waals surface area contributed by atoms with E-state index < -0.39 is 7.81 Å². The molecule has 0 fully saturated rings. The van der Waals surface area contributed by atoms with Gasteiger partial charge in [0.2, 0.25) is 0 Å². The molecule has 0 radical (unpaired) electrons. The van der Waals surface area contributed by atoms with E-state index in [-0.39, 0.29) is 1.43 Å². The van der Waals surface area contributed by atoms with Gasteiger partial charge in [-0.25, -0.2) is 0 Å². The van der Waals surface area contributed by atoms with Crippen LogP contribution in [0.4, 0.5) is 25.2 Å². The Morgan fingerprint density at radius 3 is 2.05 bits per heavy atom. The van der Waals surface area contributed by atoms with Crippen molar-refractivity contribution < 1.29 is 26.6 Å². The van der Waals surface area contributed by atoms with Crippen molar-refractivity contribution in [2.45, 2.75) is 39.0 Å². The van der Waals surface area contributed by atoms with Crippen LogP contribution < -0.4 is 0 Å². The van der Waals surface area contributed by atoms with Crippen LogP contribution >= 0.6 is 7.81 Å². The van der Waals surface area contributed by atoms with E-state index in [1.54, 1.807) is 0 Å². The first kappa shape index (κ1) is 19.3. The molecule has 0 N–H and O–H groups in total. The summed E-state index contributed by atoms with van der Waals surface area (Å²) < 4.78 is 59.2. The van der Waals surface area contributed by atoms with Gasteiger partial charge in [-0.05, 0) is 30.7 Å². The molecule has 1 nitrogen and oxygen atoms in total. The minimum absolute atomic E-state index is 0. The summed E-state index contributed by atoms with van der Waals surface area (Å²) in [5.74, 6) is 0. The van der Waals surface area contributed by atoms with E-state index in [0.29, 0.717) is 0 Å². The topological polar surface area (TPSA) is 3.24 Å². The summed E-state index contributed by atoms with van der Waals surface area (Å²) in [5, 5.41) is 0. The van der Waals surface area contributed by atoms with E-state index >= 15 is 0 Å². The first-order chi connectivity index (χ1) is 8.78. The summed E-state index contributed by atoms with van der Waals surface area (Å²) in [6.45, 7) is 3.34. The average Bonchev–Trinajstić information content (AvgIpc) is 2.23. The smallest absolute Gasteiger partial charge is 1.00 e. The van der Waals surface area contributed by atoms with Crippen LogP contribution in [0.2, 0.25) is 0 Å². The molecule has 0 aromatic carbocycles. The average molecular weight is 325 g/mol. The fourth-order valence-electron chi connectivity index (χ4n) is 1.55. The molecule has 1 aliphatic heterocycles. The van der Waals surface area contributed by atoms with Crippen molar-refractivity contribution >= 4 is 7.81 Å². The van der Waals surface area contributed by atoms with Gasteiger partial charge in [0.05, 0.1) is 0 Å². The molecular formula is C12H22F6NP. The van der Waals surface area contributed by atoms with Gasteiger partial charge in [-0.15, -0.1) is 0 Å². The quantitative estimate of drug-likeness (QED) is 0.304. The Bertz CT molecular complexity index is 351. The number of nitrogens with zero attached hydrogens (tertiary/aromatic N) is 1. The van der Waals surface area contributed by atoms with Crippen LogP contribution in [0.3, 0.4) is 0 Å². The second-order valence-corrected chi connectivity index (χ2v) is 6.72. The van der Waals surface area contributed by atoms with E-state index in [1.165, 1.54) is 37.7 Å². The molecule has 0 unspecified atom stereocenters. The number of hydrogen-bond acceptors (Lipinski definition) is 1. The fourth-order valence-corrected chi connectivity index (χ4v) is 1.55. The Morgan fingerprint density at radius 2 is 1.65 bits per heavy atom. The number of hydrogen-bond donors (Lipinski definition) is 0. The molecule has 0 atom stereocenters. The minimum Gasteiger partial charge on any atom is 1.00 e. The zero-order valence-corrected chi connectivity index (χ0v) is 12.5. The minimum atomic E-state index is -10.7.